The van der Waals surface area contributed by atoms with E-state index in [1.807, 2.05) is 13.0 Å². The van der Waals surface area contributed by atoms with E-state index in [2.05, 4.69) is 52.4 Å². The van der Waals surface area contributed by atoms with E-state index in [0.29, 0.717) is 5.56 Å². The molecule has 1 atom stereocenters. The number of nitrogens with one attached hydrogen (secondary N) is 1. The first-order chi connectivity index (χ1) is 10.2. The van der Waals surface area contributed by atoms with Crippen molar-refractivity contribution in [2.75, 3.05) is 6.54 Å². The maximum absolute atomic E-state index is 14.2. The molecule has 0 aliphatic rings. The number of halogens is 2. The fourth-order valence-electron chi connectivity index (χ4n) is 2.51. The highest BCUT2D eigenvalue weighted by Crippen LogP contribution is 2.27. The van der Waals surface area contributed by atoms with Gasteiger partial charge in [0.15, 0.2) is 0 Å². The first-order valence-electron chi connectivity index (χ1n) is 7.42. The predicted octanol–water partition coefficient (Wildman–Crippen LogP) is 5.24. The number of rotatable bonds is 6. The SMILES string of the molecule is CCCc1ccc(C(NCC)c2cc(Br)ccc2F)cc1. The van der Waals surface area contributed by atoms with Crippen LogP contribution in [0.25, 0.3) is 0 Å². The summed E-state index contributed by atoms with van der Waals surface area (Å²) in [5, 5.41) is 3.37. The van der Waals surface area contributed by atoms with Crippen molar-refractivity contribution in [3.8, 4) is 0 Å². The largest absolute Gasteiger partial charge is 0.306 e. The smallest absolute Gasteiger partial charge is 0.128 e. The molecule has 1 unspecified atom stereocenters. The Balaban J connectivity index is 2.35. The molecule has 0 saturated heterocycles. The summed E-state index contributed by atoms with van der Waals surface area (Å²) in [6.07, 6.45) is 2.22. The zero-order chi connectivity index (χ0) is 15.2. The van der Waals surface area contributed by atoms with Gasteiger partial charge in [-0.25, -0.2) is 4.39 Å². The molecule has 0 saturated carbocycles. The lowest BCUT2D eigenvalue weighted by molar-refractivity contribution is 0.558. The fraction of sp³-hybridized carbons (Fsp3) is 0.333. The molecule has 0 aromatic heterocycles. The Bertz CT molecular complexity index is 580. The number of benzene rings is 2. The van der Waals surface area contributed by atoms with E-state index in [1.54, 1.807) is 6.07 Å². The quantitative estimate of drug-likeness (QED) is 0.751. The van der Waals surface area contributed by atoms with Crippen LogP contribution in [0.5, 0.6) is 0 Å². The standard InChI is InChI=1S/C18H21BrFN/c1-3-5-13-6-8-14(9-7-13)18(21-4-2)16-12-15(19)10-11-17(16)20/h6-12,18,21H,3-5H2,1-2H3. The normalized spacial score (nSPS) is 12.4. The van der Waals surface area contributed by atoms with Gasteiger partial charge in [0.25, 0.3) is 0 Å². The van der Waals surface area contributed by atoms with Gasteiger partial charge in [0.1, 0.15) is 5.82 Å². The van der Waals surface area contributed by atoms with Crippen LogP contribution in [-0.4, -0.2) is 6.54 Å². The number of hydrogen-bond donors (Lipinski definition) is 1. The van der Waals surface area contributed by atoms with Crippen molar-refractivity contribution in [3.05, 3.63) is 69.4 Å². The third-order valence-corrected chi connectivity index (χ3v) is 4.02. The van der Waals surface area contributed by atoms with Gasteiger partial charge < -0.3 is 5.32 Å². The Morgan fingerprint density at radius 1 is 1.10 bits per heavy atom. The topological polar surface area (TPSA) is 12.0 Å². The molecule has 0 bridgehead atoms. The highest BCUT2D eigenvalue weighted by atomic mass is 79.9. The van der Waals surface area contributed by atoms with Gasteiger partial charge in [-0.15, -0.1) is 0 Å². The fourth-order valence-corrected chi connectivity index (χ4v) is 2.89. The molecule has 0 heterocycles. The van der Waals surface area contributed by atoms with Gasteiger partial charge in [0.05, 0.1) is 6.04 Å². The molecule has 21 heavy (non-hydrogen) atoms. The molecule has 0 aliphatic heterocycles. The van der Waals surface area contributed by atoms with Gasteiger partial charge in [-0.2, -0.15) is 0 Å². The van der Waals surface area contributed by atoms with Crippen LogP contribution in [0.1, 0.15) is 43.0 Å². The summed E-state index contributed by atoms with van der Waals surface area (Å²) in [6.45, 7) is 4.99. The van der Waals surface area contributed by atoms with E-state index < -0.39 is 0 Å². The molecule has 1 N–H and O–H groups in total. The Hall–Kier alpha value is -1.19. The Kier molecular flexibility index (Phi) is 5.95. The van der Waals surface area contributed by atoms with Crippen LogP contribution >= 0.6 is 15.9 Å². The molecular weight excluding hydrogens is 329 g/mol. The van der Waals surface area contributed by atoms with Crippen molar-refractivity contribution in [2.45, 2.75) is 32.7 Å². The van der Waals surface area contributed by atoms with Crippen LogP contribution in [0.2, 0.25) is 0 Å². The molecule has 2 aromatic carbocycles. The van der Waals surface area contributed by atoms with Crippen molar-refractivity contribution in [3.63, 3.8) is 0 Å². The predicted molar refractivity (Wildman–Crippen MR) is 90.1 cm³/mol. The van der Waals surface area contributed by atoms with Crippen LogP contribution < -0.4 is 5.32 Å². The Labute approximate surface area is 134 Å². The Morgan fingerprint density at radius 3 is 2.43 bits per heavy atom. The molecule has 1 nitrogen and oxygen atoms in total. The van der Waals surface area contributed by atoms with Gasteiger partial charge in [0, 0.05) is 10.0 Å². The van der Waals surface area contributed by atoms with E-state index >= 15 is 0 Å². The zero-order valence-corrected chi connectivity index (χ0v) is 14.1. The van der Waals surface area contributed by atoms with Gasteiger partial charge in [-0.1, -0.05) is 60.5 Å². The average molecular weight is 350 g/mol. The van der Waals surface area contributed by atoms with Crippen molar-refractivity contribution in [1.82, 2.24) is 5.32 Å². The summed E-state index contributed by atoms with van der Waals surface area (Å²) in [5.74, 6) is -0.179. The van der Waals surface area contributed by atoms with Crippen molar-refractivity contribution in [2.24, 2.45) is 0 Å². The van der Waals surface area contributed by atoms with E-state index in [9.17, 15) is 4.39 Å². The first kappa shape index (κ1) is 16.2. The molecule has 112 valence electrons. The van der Waals surface area contributed by atoms with Crippen LogP contribution in [0.4, 0.5) is 4.39 Å². The van der Waals surface area contributed by atoms with Gasteiger partial charge >= 0.3 is 0 Å². The maximum atomic E-state index is 14.2. The Morgan fingerprint density at radius 2 is 1.81 bits per heavy atom. The third-order valence-electron chi connectivity index (χ3n) is 3.53. The molecule has 0 aliphatic carbocycles. The second kappa shape index (κ2) is 7.71. The third kappa shape index (κ3) is 4.14. The summed E-state index contributed by atoms with van der Waals surface area (Å²) in [5.41, 5.74) is 3.09. The monoisotopic (exact) mass is 349 g/mol. The van der Waals surface area contributed by atoms with Crippen LogP contribution in [-0.2, 0) is 6.42 Å². The highest BCUT2D eigenvalue weighted by molar-refractivity contribution is 9.10. The molecule has 0 radical (unpaired) electrons. The second-order valence-corrected chi connectivity index (χ2v) is 6.06. The van der Waals surface area contributed by atoms with Crippen LogP contribution in [0.15, 0.2) is 46.9 Å². The summed E-state index contributed by atoms with van der Waals surface area (Å²) < 4.78 is 15.1. The zero-order valence-electron chi connectivity index (χ0n) is 12.5. The van der Waals surface area contributed by atoms with Crippen LogP contribution in [0, 0.1) is 5.82 Å². The molecule has 0 spiro atoms. The molecule has 2 aromatic rings. The van der Waals surface area contributed by atoms with Crippen molar-refractivity contribution in [1.29, 1.82) is 0 Å². The van der Waals surface area contributed by atoms with Gasteiger partial charge in [-0.05, 0) is 42.3 Å². The molecule has 0 amide bonds. The summed E-state index contributed by atoms with van der Waals surface area (Å²) in [6, 6.07) is 13.4. The van der Waals surface area contributed by atoms with Crippen molar-refractivity contribution >= 4 is 15.9 Å². The molecule has 2 rings (SSSR count). The van der Waals surface area contributed by atoms with Crippen LogP contribution in [0.3, 0.4) is 0 Å². The first-order valence-corrected chi connectivity index (χ1v) is 8.22. The molecule has 3 heteroatoms. The number of hydrogen-bond acceptors (Lipinski definition) is 1. The van der Waals surface area contributed by atoms with Gasteiger partial charge in [-0.3, -0.25) is 0 Å². The minimum Gasteiger partial charge on any atom is -0.306 e. The van der Waals surface area contributed by atoms with Gasteiger partial charge in [0.2, 0.25) is 0 Å². The summed E-state index contributed by atoms with van der Waals surface area (Å²) >= 11 is 3.43. The maximum Gasteiger partial charge on any atom is 0.128 e. The average Bonchev–Trinajstić information content (AvgIpc) is 2.49. The lowest BCUT2D eigenvalue weighted by Gasteiger charge is -2.20. The summed E-state index contributed by atoms with van der Waals surface area (Å²) in [4.78, 5) is 0. The van der Waals surface area contributed by atoms with E-state index in [4.69, 9.17) is 0 Å². The van der Waals surface area contributed by atoms with E-state index in [-0.39, 0.29) is 11.9 Å². The molecule has 0 fully saturated rings. The van der Waals surface area contributed by atoms with E-state index in [0.717, 1.165) is 29.4 Å². The van der Waals surface area contributed by atoms with Crippen molar-refractivity contribution < 1.29 is 4.39 Å². The summed E-state index contributed by atoms with van der Waals surface area (Å²) in [7, 11) is 0. The highest BCUT2D eigenvalue weighted by Gasteiger charge is 2.17. The lowest BCUT2D eigenvalue weighted by Crippen LogP contribution is -2.23. The second-order valence-electron chi connectivity index (χ2n) is 5.15. The van der Waals surface area contributed by atoms with E-state index in [1.165, 1.54) is 11.6 Å². The minimum absolute atomic E-state index is 0.122. The lowest BCUT2D eigenvalue weighted by atomic mass is 9.96. The minimum atomic E-state index is -0.179. The number of aryl methyl sites for hydroxylation is 1. The molecular formula is C18H21BrFN.